The number of hydrogen-bond donors (Lipinski definition) is 0. The van der Waals surface area contributed by atoms with Gasteiger partial charge in [-0.3, -0.25) is 0 Å². The summed E-state index contributed by atoms with van der Waals surface area (Å²) in [6.45, 7) is 6.02. The molecule has 0 aliphatic carbocycles. The van der Waals surface area contributed by atoms with Crippen molar-refractivity contribution in [1.29, 1.82) is 0 Å². The van der Waals surface area contributed by atoms with Crippen LogP contribution in [0.15, 0.2) is 115 Å². The second-order valence-corrected chi connectivity index (χ2v) is 11.6. The van der Waals surface area contributed by atoms with Crippen molar-refractivity contribution < 1.29 is 19.5 Å². The van der Waals surface area contributed by atoms with Gasteiger partial charge in [0.1, 0.15) is 0 Å². The molecule has 3 aromatic carbocycles. The minimum atomic E-state index is 0. The first-order valence-electron chi connectivity index (χ1n) is 16.2. The van der Waals surface area contributed by atoms with Crippen LogP contribution in [0.25, 0.3) is 79.8 Å². The summed E-state index contributed by atoms with van der Waals surface area (Å²) in [7, 11) is 0. The summed E-state index contributed by atoms with van der Waals surface area (Å²) in [6.07, 6.45) is 8.45. The number of benzene rings is 3. The number of fused-ring (bicyclic) bond motifs is 8. The van der Waals surface area contributed by atoms with Crippen LogP contribution >= 0.6 is 0 Å². The Morgan fingerprint density at radius 3 is 1.17 bits per heavy atom. The average Bonchev–Trinajstić information content (AvgIpc) is 3.95. The summed E-state index contributed by atoms with van der Waals surface area (Å²) in [4.78, 5) is 23.6. The van der Waals surface area contributed by atoms with Crippen molar-refractivity contribution in [2.75, 3.05) is 18.0 Å². The molecule has 48 heavy (non-hydrogen) atoms. The van der Waals surface area contributed by atoms with Crippen LogP contribution in [0.3, 0.4) is 0 Å². The smallest absolute Gasteiger partial charge is 0.657 e. The second-order valence-electron chi connectivity index (χ2n) is 11.6. The molecular weight excluding hydrogens is 640 g/mol. The van der Waals surface area contributed by atoms with Crippen molar-refractivity contribution >= 4 is 52.1 Å². The molecule has 0 N–H and O–H groups in total. The van der Waals surface area contributed by atoms with Crippen molar-refractivity contribution in [3.05, 3.63) is 138 Å². The Hall–Kier alpha value is -5.32. The van der Waals surface area contributed by atoms with Crippen LogP contribution < -0.4 is 14.9 Å². The first-order chi connectivity index (χ1) is 23.2. The predicted molar refractivity (Wildman–Crippen MR) is 197 cm³/mol. The molecule has 6 aromatic rings. The molecule has 0 amide bonds. The van der Waals surface area contributed by atoms with Gasteiger partial charge in [-0.05, 0) is 71.5 Å². The van der Waals surface area contributed by atoms with E-state index in [9.17, 15) is 0 Å². The molecule has 5 heterocycles. The van der Waals surface area contributed by atoms with Gasteiger partial charge in [-0.2, -0.15) is 0 Å². The van der Waals surface area contributed by atoms with Gasteiger partial charge in [-0.25, -0.2) is 9.97 Å². The average molecular weight is 673 g/mol. The minimum Gasteiger partial charge on any atom is -0.657 e. The zero-order valence-corrected chi connectivity index (χ0v) is 30.1. The molecule has 5 nitrogen and oxygen atoms in total. The molecule has 8 rings (SSSR count). The number of nitrogens with zero attached hydrogens (tertiary/aromatic N) is 5. The van der Waals surface area contributed by atoms with Gasteiger partial charge >= 0.3 is 19.5 Å². The number of hydrogen-bond acceptors (Lipinski definition) is 3. The number of rotatable bonds is 6. The summed E-state index contributed by atoms with van der Waals surface area (Å²) in [5, 5.41) is 0. The van der Waals surface area contributed by atoms with Crippen LogP contribution in [0.2, 0.25) is 0 Å². The third kappa shape index (κ3) is 5.63. The Morgan fingerprint density at radius 2 is 0.771 bits per heavy atom. The molecular formula is C42H33N5Zn. The van der Waals surface area contributed by atoms with Gasteiger partial charge in [0.15, 0.2) is 0 Å². The molecule has 6 heteroatoms. The third-order valence-corrected chi connectivity index (χ3v) is 8.85. The molecule has 0 atom stereocenters. The zero-order chi connectivity index (χ0) is 31.7. The van der Waals surface area contributed by atoms with Crippen molar-refractivity contribution in [3.63, 3.8) is 0 Å². The maximum Gasteiger partial charge on any atom is 2.00 e. The van der Waals surface area contributed by atoms with Gasteiger partial charge in [0, 0.05) is 18.8 Å². The first kappa shape index (κ1) is 31.3. The van der Waals surface area contributed by atoms with E-state index in [2.05, 4.69) is 140 Å². The van der Waals surface area contributed by atoms with E-state index < -0.39 is 0 Å². The molecule has 8 bridgehead atoms. The van der Waals surface area contributed by atoms with Crippen LogP contribution in [0.4, 0.5) is 5.69 Å². The van der Waals surface area contributed by atoms with Gasteiger partial charge in [0.25, 0.3) is 0 Å². The fourth-order valence-electron chi connectivity index (χ4n) is 6.64. The van der Waals surface area contributed by atoms with Crippen molar-refractivity contribution in [2.45, 2.75) is 13.8 Å². The summed E-state index contributed by atoms with van der Waals surface area (Å²) in [5.74, 6) is 0. The Bertz CT molecular complexity index is 2280. The largest absolute Gasteiger partial charge is 2.00 e. The Labute approximate surface area is 293 Å². The topological polar surface area (TPSA) is 57.2 Å². The SMILES string of the molecule is CCN(CC)c1c2nc(c(-c3ccccc3)c3ccc([n-]3)c(-c3ccccc3)c3nc(c(-c4ccccc4)c4ccc1[n-]4)C=C3)C=C2.[Zn+2]. The van der Waals surface area contributed by atoms with Crippen molar-refractivity contribution in [1.82, 2.24) is 19.9 Å². The molecule has 2 aliphatic rings. The number of anilines is 1. The van der Waals surface area contributed by atoms with Crippen molar-refractivity contribution in [2.24, 2.45) is 0 Å². The Morgan fingerprint density at radius 1 is 0.438 bits per heavy atom. The van der Waals surface area contributed by atoms with Crippen LogP contribution in [-0.2, 0) is 19.5 Å². The maximum absolute atomic E-state index is 5.31. The Kier molecular flexibility index (Phi) is 8.75. The summed E-state index contributed by atoms with van der Waals surface area (Å²) in [6, 6.07) is 39.7. The van der Waals surface area contributed by atoms with E-state index in [-0.39, 0.29) is 19.5 Å². The molecule has 0 unspecified atom stereocenters. The quantitative estimate of drug-likeness (QED) is 0.165. The van der Waals surface area contributed by atoms with E-state index in [0.29, 0.717) is 0 Å². The second kappa shape index (κ2) is 13.4. The standard InChI is InChI=1S/C42H33N5.Zn/c1-3-47(4-2)42-37-26-24-35(45-37)40(29-16-10-6-11-17-29)33-22-20-31(43-33)39(28-14-8-5-9-15-28)32-21-23-34(44-32)41(30-18-12-7-13-19-30)36-25-27-38(42)46-36;/h5-27H,3-4H2,1-2H3;/q-2;+2. The third-order valence-electron chi connectivity index (χ3n) is 8.85. The molecule has 0 radical (unpaired) electrons. The zero-order valence-electron chi connectivity index (χ0n) is 27.1. The van der Waals surface area contributed by atoms with E-state index >= 15 is 0 Å². The molecule has 228 valence electrons. The number of aromatic nitrogens is 4. The molecule has 0 fully saturated rings. The van der Waals surface area contributed by atoms with Crippen LogP contribution in [-0.4, -0.2) is 23.1 Å². The van der Waals surface area contributed by atoms with Crippen LogP contribution in [0, 0.1) is 0 Å². The van der Waals surface area contributed by atoms with E-state index in [1.165, 1.54) is 0 Å². The fraction of sp³-hybridized carbons (Fsp3) is 0.0952. The Balaban J connectivity index is 0.00000364. The van der Waals surface area contributed by atoms with Gasteiger partial charge < -0.3 is 14.9 Å². The van der Waals surface area contributed by atoms with Gasteiger partial charge in [0.2, 0.25) is 0 Å². The predicted octanol–water partition coefficient (Wildman–Crippen LogP) is 9.76. The first-order valence-corrected chi connectivity index (χ1v) is 16.2. The van der Waals surface area contributed by atoms with Crippen molar-refractivity contribution in [3.8, 4) is 33.4 Å². The van der Waals surface area contributed by atoms with E-state index in [4.69, 9.17) is 19.9 Å². The summed E-state index contributed by atoms with van der Waals surface area (Å²) in [5.41, 5.74) is 14.2. The van der Waals surface area contributed by atoms with Crippen LogP contribution in [0.5, 0.6) is 0 Å². The molecule has 2 aliphatic heterocycles. The summed E-state index contributed by atoms with van der Waals surface area (Å²) < 4.78 is 0. The molecule has 0 spiro atoms. The minimum absolute atomic E-state index is 0. The van der Waals surface area contributed by atoms with Crippen LogP contribution in [0.1, 0.15) is 36.6 Å². The molecule has 3 aromatic heterocycles. The van der Waals surface area contributed by atoms with Gasteiger partial charge in [0.05, 0.1) is 22.8 Å². The van der Waals surface area contributed by atoms with E-state index in [1.54, 1.807) is 0 Å². The normalized spacial score (nSPS) is 11.8. The van der Waals surface area contributed by atoms with E-state index in [1.807, 2.05) is 18.2 Å². The van der Waals surface area contributed by atoms with Gasteiger partial charge in [-0.15, -0.1) is 22.1 Å². The maximum atomic E-state index is 5.31. The summed E-state index contributed by atoms with van der Waals surface area (Å²) >= 11 is 0. The molecule has 0 saturated carbocycles. The van der Waals surface area contributed by atoms with Gasteiger partial charge in [-0.1, -0.05) is 115 Å². The molecule has 0 saturated heterocycles. The fourth-order valence-corrected chi connectivity index (χ4v) is 6.64. The van der Waals surface area contributed by atoms with E-state index in [0.717, 1.165) is 97.0 Å². The monoisotopic (exact) mass is 671 g/mol.